The van der Waals surface area contributed by atoms with Crippen LogP contribution in [0.2, 0.25) is 0 Å². The summed E-state index contributed by atoms with van der Waals surface area (Å²) in [6.07, 6.45) is 3.49. The van der Waals surface area contributed by atoms with E-state index in [0.717, 1.165) is 28.7 Å². The summed E-state index contributed by atoms with van der Waals surface area (Å²) >= 11 is 0. The normalized spacial score (nSPS) is 18.2. The van der Waals surface area contributed by atoms with Gasteiger partial charge in [0.2, 0.25) is 0 Å². The van der Waals surface area contributed by atoms with Crippen LogP contribution in [0.15, 0.2) is 132 Å². The zero-order valence-electron chi connectivity index (χ0n) is 38.6. The van der Waals surface area contributed by atoms with Crippen LogP contribution in [-0.2, 0) is 21.7 Å². The molecule has 3 heterocycles. The van der Waals surface area contributed by atoms with Crippen LogP contribution in [0.4, 0.5) is 34.1 Å². The Morgan fingerprint density at radius 1 is 0.492 bits per heavy atom. The van der Waals surface area contributed by atoms with Gasteiger partial charge in [0.25, 0.3) is 6.71 Å². The third-order valence-electron chi connectivity index (χ3n) is 15.8. The van der Waals surface area contributed by atoms with E-state index in [1.807, 2.05) is 0 Å². The quantitative estimate of drug-likeness (QED) is 0.166. The summed E-state index contributed by atoms with van der Waals surface area (Å²) in [5, 5.41) is 2.31. The van der Waals surface area contributed by atoms with Crippen molar-refractivity contribution in [2.45, 2.75) is 110 Å². The molecule has 0 atom stereocenters. The van der Waals surface area contributed by atoms with Crippen molar-refractivity contribution in [2.24, 2.45) is 0 Å². The lowest BCUT2D eigenvalue weighted by Crippen LogP contribution is -2.61. The van der Waals surface area contributed by atoms with Gasteiger partial charge in [0.1, 0.15) is 11.2 Å². The van der Waals surface area contributed by atoms with Gasteiger partial charge in [-0.25, -0.2) is 0 Å². The van der Waals surface area contributed by atoms with Crippen LogP contribution >= 0.6 is 0 Å². The maximum absolute atomic E-state index is 6.75. The zero-order chi connectivity index (χ0) is 43.5. The molecule has 1 aromatic heterocycles. The van der Waals surface area contributed by atoms with Crippen molar-refractivity contribution >= 4 is 79.2 Å². The third-order valence-corrected chi connectivity index (χ3v) is 15.8. The van der Waals surface area contributed by atoms with E-state index in [1.165, 1.54) is 108 Å². The number of hydrogen-bond acceptors (Lipinski definition) is 3. The highest BCUT2D eigenvalue weighted by Crippen LogP contribution is 2.55. The van der Waals surface area contributed by atoms with Crippen molar-refractivity contribution in [1.82, 2.24) is 0 Å². The number of nitrogens with zero attached hydrogens (tertiary/aromatic N) is 2. The SMILES string of the molecule is Cc1cc2c3c(c1)N(c1ccccc1-c1ccccc1)c1c(ccc4oc5ccccc5c14)B3c1cc3c(cc1N2c1cc2c(cc1C)C(C)(C)CCC2(C)C)C(C)(C)CC3(C)C. The molecule has 2 aliphatic carbocycles. The van der Waals surface area contributed by atoms with E-state index in [4.69, 9.17) is 4.42 Å². The number of fused-ring (bicyclic) bond motifs is 10. The van der Waals surface area contributed by atoms with Crippen molar-refractivity contribution in [3.05, 3.63) is 161 Å². The molecule has 0 saturated heterocycles. The molecule has 0 bridgehead atoms. The average Bonchev–Trinajstić information content (AvgIpc) is 3.72. The molecule has 0 spiro atoms. The largest absolute Gasteiger partial charge is 0.456 e. The summed E-state index contributed by atoms with van der Waals surface area (Å²) in [5.41, 5.74) is 24.6. The van der Waals surface area contributed by atoms with Crippen LogP contribution in [-0.4, -0.2) is 6.71 Å². The Kier molecular flexibility index (Phi) is 7.86. The smallest absolute Gasteiger partial charge is 0.252 e. The number of hydrogen-bond donors (Lipinski definition) is 0. The molecule has 0 fully saturated rings. The van der Waals surface area contributed by atoms with Crippen molar-refractivity contribution in [3.63, 3.8) is 0 Å². The van der Waals surface area contributed by atoms with Gasteiger partial charge in [-0.3, -0.25) is 0 Å². The highest BCUT2D eigenvalue weighted by Gasteiger charge is 2.49. The second kappa shape index (κ2) is 12.8. The molecule has 12 rings (SSSR count). The van der Waals surface area contributed by atoms with Gasteiger partial charge in [0.15, 0.2) is 0 Å². The molecule has 8 aromatic rings. The van der Waals surface area contributed by atoms with Crippen molar-refractivity contribution in [3.8, 4) is 11.1 Å². The maximum Gasteiger partial charge on any atom is 0.252 e. The maximum atomic E-state index is 6.75. The van der Waals surface area contributed by atoms with E-state index in [9.17, 15) is 0 Å². The first-order valence-corrected chi connectivity index (χ1v) is 23.2. The van der Waals surface area contributed by atoms with E-state index in [0.29, 0.717) is 0 Å². The first-order valence-electron chi connectivity index (χ1n) is 23.2. The van der Waals surface area contributed by atoms with Crippen molar-refractivity contribution in [2.75, 3.05) is 9.80 Å². The van der Waals surface area contributed by atoms with Crippen LogP contribution in [0.1, 0.15) is 108 Å². The fourth-order valence-electron chi connectivity index (χ4n) is 12.9. The standard InChI is InChI=1S/C59H57BN2O/c1-35-28-49-54-50(29-35)62(46-22-16-14-20-38(46)37-18-12-11-13-19-37)55-44(24-25-52-53(55)39-21-15-17-23-51(39)63-52)60(54)45-31-41-43(59(9,10)34-58(41,7)8)33-48(45)61(49)47-32-42-40(30-36(47)2)56(3,4)26-27-57(42,5)6/h11-25,28-33H,26-27,34H2,1-10H3. The van der Waals surface area contributed by atoms with Crippen LogP contribution in [0, 0.1) is 13.8 Å². The number of furan rings is 1. The Bertz CT molecular complexity index is 3260. The molecule has 312 valence electrons. The molecule has 0 amide bonds. The highest BCUT2D eigenvalue weighted by molar-refractivity contribution is 7.00. The van der Waals surface area contributed by atoms with Crippen LogP contribution < -0.4 is 26.2 Å². The predicted molar refractivity (Wildman–Crippen MR) is 269 cm³/mol. The van der Waals surface area contributed by atoms with E-state index >= 15 is 0 Å². The second-order valence-corrected chi connectivity index (χ2v) is 22.0. The molecule has 4 aliphatic rings. The van der Waals surface area contributed by atoms with Gasteiger partial charge in [-0.2, -0.15) is 0 Å². The predicted octanol–water partition coefficient (Wildman–Crippen LogP) is 14.3. The van der Waals surface area contributed by atoms with E-state index < -0.39 is 0 Å². The van der Waals surface area contributed by atoms with E-state index in [-0.39, 0.29) is 28.4 Å². The second-order valence-electron chi connectivity index (χ2n) is 22.0. The molecule has 0 unspecified atom stereocenters. The minimum Gasteiger partial charge on any atom is -0.456 e. The summed E-state index contributed by atoms with van der Waals surface area (Å²) < 4.78 is 6.75. The molecule has 7 aromatic carbocycles. The molecular weight excluding hydrogens is 763 g/mol. The Morgan fingerprint density at radius 2 is 1.10 bits per heavy atom. The number of para-hydroxylation sites is 2. The summed E-state index contributed by atoms with van der Waals surface area (Å²) in [7, 11) is 0. The Morgan fingerprint density at radius 3 is 1.84 bits per heavy atom. The lowest BCUT2D eigenvalue weighted by atomic mass is 9.33. The monoisotopic (exact) mass is 820 g/mol. The van der Waals surface area contributed by atoms with Gasteiger partial charge < -0.3 is 14.2 Å². The van der Waals surface area contributed by atoms with Crippen LogP contribution in [0.5, 0.6) is 0 Å². The van der Waals surface area contributed by atoms with Gasteiger partial charge in [-0.05, 0) is 153 Å². The fraction of sp³-hybridized carbons (Fsp3) is 0.288. The molecule has 0 radical (unpaired) electrons. The van der Waals surface area contributed by atoms with Crippen LogP contribution in [0.25, 0.3) is 33.1 Å². The summed E-state index contributed by atoms with van der Waals surface area (Å²) in [6, 6.07) is 48.6. The molecule has 0 saturated carbocycles. The molecule has 2 aliphatic heterocycles. The molecular formula is C59H57BN2O. The summed E-state index contributed by atoms with van der Waals surface area (Å²) in [4.78, 5) is 5.31. The number of benzene rings is 7. The lowest BCUT2D eigenvalue weighted by Gasteiger charge is -2.47. The van der Waals surface area contributed by atoms with Crippen molar-refractivity contribution < 1.29 is 4.42 Å². The van der Waals surface area contributed by atoms with Crippen molar-refractivity contribution in [1.29, 1.82) is 0 Å². The fourth-order valence-corrected chi connectivity index (χ4v) is 12.9. The topological polar surface area (TPSA) is 19.6 Å². The minimum atomic E-state index is -0.00632. The number of anilines is 6. The Labute approximate surface area is 373 Å². The Balaban J connectivity index is 1.24. The molecule has 63 heavy (non-hydrogen) atoms. The van der Waals surface area contributed by atoms with Gasteiger partial charge in [0.05, 0.1) is 16.8 Å². The van der Waals surface area contributed by atoms with Gasteiger partial charge in [-0.1, -0.05) is 140 Å². The number of rotatable bonds is 3. The van der Waals surface area contributed by atoms with Crippen LogP contribution in [0.3, 0.4) is 0 Å². The zero-order valence-corrected chi connectivity index (χ0v) is 38.6. The van der Waals surface area contributed by atoms with E-state index in [1.54, 1.807) is 0 Å². The number of aryl methyl sites for hydroxylation is 2. The third kappa shape index (κ3) is 5.39. The van der Waals surface area contributed by atoms with Gasteiger partial charge >= 0.3 is 0 Å². The molecule has 0 N–H and O–H groups in total. The van der Waals surface area contributed by atoms with Gasteiger partial charge in [-0.15, -0.1) is 0 Å². The first-order chi connectivity index (χ1) is 30.0. The average molecular weight is 821 g/mol. The minimum absolute atomic E-state index is 0.00632. The molecule has 4 heteroatoms. The highest BCUT2D eigenvalue weighted by atomic mass is 16.3. The summed E-state index contributed by atoms with van der Waals surface area (Å²) in [5.74, 6) is 0. The summed E-state index contributed by atoms with van der Waals surface area (Å²) in [6.45, 7) is 24.3. The van der Waals surface area contributed by atoms with Gasteiger partial charge in [0, 0.05) is 33.7 Å². The molecule has 3 nitrogen and oxygen atoms in total. The Hall–Kier alpha value is -6.00. The lowest BCUT2D eigenvalue weighted by molar-refractivity contribution is 0.332. The first kappa shape index (κ1) is 38.7. The van der Waals surface area contributed by atoms with E-state index in [2.05, 4.69) is 206 Å².